The van der Waals surface area contributed by atoms with Gasteiger partial charge in [-0.15, -0.1) is 0 Å². The van der Waals surface area contributed by atoms with Crippen LogP contribution in [0.25, 0.3) is 0 Å². The number of hydrogen-bond acceptors (Lipinski definition) is 6. The average molecular weight is 426 g/mol. The standard InChI is InChI=1S/C20H22F4N4O2/c21-13-2-1-3-15(8-13)30-18-9-17(20(22,23)24)26-19(27-18)28-7-6-16(29)12(11-28)10-25-14-4-5-14/h1-3,8-9,12,14,16,25,29H,4-7,10-11H2. The van der Waals surface area contributed by atoms with Gasteiger partial charge in [-0.05, 0) is 31.4 Å². The number of benzene rings is 1. The van der Waals surface area contributed by atoms with Gasteiger partial charge in [0.15, 0.2) is 5.69 Å². The molecule has 162 valence electrons. The summed E-state index contributed by atoms with van der Waals surface area (Å²) in [5.41, 5.74) is -1.14. The fraction of sp³-hybridized carbons (Fsp3) is 0.500. The lowest BCUT2D eigenvalue weighted by molar-refractivity contribution is -0.141. The van der Waals surface area contributed by atoms with E-state index in [0.29, 0.717) is 38.2 Å². The number of aromatic nitrogens is 2. The highest BCUT2D eigenvalue weighted by Gasteiger charge is 2.36. The summed E-state index contributed by atoms with van der Waals surface area (Å²) in [6, 6.07) is 6.23. The zero-order valence-electron chi connectivity index (χ0n) is 16.1. The first-order valence-corrected chi connectivity index (χ1v) is 9.84. The fourth-order valence-electron chi connectivity index (χ4n) is 3.41. The van der Waals surface area contributed by atoms with E-state index >= 15 is 0 Å². The van der Waals surface area contributed by atoms with Gasteiger partial charge in [0.1, 0.15) is 11.6 Å². The van der Waals surface area contributed by atoms with E-state index in [1.807, 2.05) is 0 Å². The maximum absolute atomic E-state index is 13.4. The summed E-state index contributed by atoms with van der Waals surface area (Å²) in [6.45, 7) is 1.22. The highest BCUT2D eigenvalue weighted by Crippen LogP contribution is 2.33. The van der Waals surface area contributed by atoms with Gasteiger partial charge in [0.25, 0.3) is 0 Å². The van der Waals surface area contributed by atoms with Crippen molar-refractivity contribution in [3.63, 3.8) is 0 Å². The highest BCUT2D eigenvalue weighted by molar-refractivity contribution is 5.38. The molecule has 0 spiro atoms. The van der Waals surface area contributed by atoms with Crippen molar-refractivity contribution < 1.29 is 27.4 Å². The number of ether oxygens (including phenoxy) is 1. The minimum atomic E-state index is -4.69. The van der Waals surface area contributed by atoms with Crippen LogP contribution in [0.2, 0.25) is 0 Å². The Hall–Kier alpha value is -2.46. The Balaban J connectivity index is 1.57. The lowest BCUT2D eigenvalue weighted by atomic mass is 9.95. The molecule has 2 fully saturated rings. The quantitative estimate of drug-likeness (QED) is 0.691. The summed E-state index contributed by atoms with van der Waals surface area (Å²) in [5, 5.41) is 13.6. The number of rotatable bonds is 6. The Morgan fingerprint density at radius 1 is 1.17 bits per heavy atom. The molecule has 1 aliphatic carbocycles. The van der Waals surface area contributed by atoms with Gasteiger partial charge in [0, 0.05) is 43.7 Å². The van der Waals surface area contributed by atoms with Crippen LogP contribution in [0.4, 0.5) is 23.5 Å². The molecule has 0 bridgehead atoms. The van der Waals surface area contributed by atoms with Crippen molar-refractivity contribution in [3.05, 3.63) is 41.8 Å². The van der Waals surface area contributed by atoms with Crippen molar-refractivity contribution in [1.82, 2.24) is 15.3 Å². The number of anilines is 1. The molecule has 1 aromatic carbocycles. The Labute approximate surface area is 170 Å². The second kappa shape index (κ2) is 8.35. The van der Waals surface area contributed by atoms with Gasteiger partial charge < -0.3 is 20.1 Å². The van der Waals surface area contributed by atoms with E-state index < -0.39 is 23.8 Å². The molecule has 0 amide bonds. The molecule has 2 unspecified atom stereocenters. The summed E-state index contributed by atoms with van der Waals surface area (Å²) < 4.78 is 59.0. The normalized spacial score (nSPS) is 22.2. The van der Waals surface area contributed by atoms with E-state index in [-0.39, 0.29) is 23.5 Å². The van der Waals surface area contributed by atoms with Crippen LogP contribution in [0.5, 0.6) is 11.6 Å². The molecule has 2 aliphatic rings. The molecular weight excluding hydrogens is 404 g/mol. The van der Waals surface area contributed by atoms with Crippen LogP contribution in [0.3, 0.4) is 0 Å². The number of aliphatic hydroxyl groups excluding tert-OH is 1. The monoisotopic (exact) mass is 426 g/mol. The summed E-state index contributed by atoms with van der Waals surface area (Å²) in [4.78, 5) is 9.44. The number of hydrogen-bond donors (Lipinski definition) is 2. The summed E-state index contributed by atoms with van der Waals surface area (Å²) in [7, 11) is 0. The van der Waals surface area contributed by atoms with Gasteiger partial charge in [0.2, 0.25) is 11.8 Å². The molecule has 1 aromatic heterocycles. The van der Waals surface area contributed by atoms with Crippen LogP contribution in [-0.4, -0.2) is 46.9 Å². The van der Waals surface area contributed by atoms with Gasteiger partial charge in [-0.1, -0.05) is 6.07 Å². The lowest BCUT2D eigenvalue weighted by Crippen LogP contribution is -2.48. The molecular formula is C20H22F4N4O2. The van der Waals surface area contributed by atoms with E-state index in [0.717, 1.165) is 18.9 Å². The smallest absolute Gasteiger partial charge is 0.433 e. The van der Waals surface area contributed by atoms with Gasteiger partial charge in [-0.25, -0.2) is 9.37 Å². The SMILES string of the molecule is OC1CCN(c2nc(Oc3cccc(F)c3)cc(C(F)(F)F)n2)CC1CNC1CC1. The Morgan fingerprint density at radius 3 is 2.67 bits per heavy atom. The Kier molecular flexibility index (Phi) is 5.79. The molecule has 2 atom stereocenters. The first-order chi connectivity index (χ1) is 14.3. The molecule has 10 heteroatoms. The van der Waals surface area contributed by atoms with Gasteiger partial charge >= 0.3 is 6.18 Å². The van der Waals surface area contributed by atoms with Crippen LogP contribution >= 0.6 is 0 Å². The molecule has 2 aromatic rings. The van der Waals surface area contributed by atoms with Gasteiger partial charge in [-0.2, -0.15) is 18.2 Å². The molecule has 1 saturated carbocycles. The third kappa shape index (κ3) is 5.17. The molecule has 2 N–H and O–H groups in total. The lowest BCUT2D eigenvalue weighted by Gasteiger charge is -2.36. The van der Waals surface area contributed by atoms with Crippen LogP contribution in [0.1, 0.15) is 25.0 Å². The van der Waals surface area contributed by atoms with Crippen LogP contribution in [-0.2, 0) is 6.18 Å². The maximum atomic E-state index is 13.4. The van der Waals surface area contributed by atoms with Crippen molar-refractivity contribution >= 4 is 5.95 Å². The second-order valence-corrected chi connectivity index (χ2v) is 7.69. The Morgan fingerprint density at radius 2 is 1.97 bits per heavy atom. The van der Waals surface area contributed by atoms with E-state index in [4.69, 9.17) is 4.74 Å². The molecule has 6 nitrogen and oxygen atoms in total. The third-order valence-electron chi connectivity index (χ3n) is 5.22. The molecule has 30 heavy (non-hydrogen) atoms. The maximum Gasteiger partial charge on any atom is 0.433 e. The number of alkyl halides is 3. The van der Waals surface area contributed by atoms with Crippen molar-refractivity contribution in [3.8, 4) is 11.6 Å². The average Bonchev–Trinajstić information content (AvgIpc) is 3.51. The van der Waals surface area contributed by atoms with Gasteiger partial charge in [0.05, 0.1) is 6.10 Å². The fourth-order valence-corrected chi connectivity index (χ4v) is 3.41. The van der Waals surface area contributed by atoms with Crippen molar-refractivity contribution in [1.29, 1.82) is 0 Å². The van der Waals surface area contributed by atoms with Crippen molar-refractivity contribution in [2.24, 2.45) is 5.92 Å². The molecule has 2 heterocycles. The highest BCUT2D eigenvalue weighted by atomic mass is 19.4. The Bertz CT molecular complexity index is 891. The zero-order valence-corrected chi connectivity index (χ0v) is 16.1. The topological polar surface area (TPSA) is 70.5 Å². The van der Waals surface area contributed by atoms with Gasteiger partial charge in [-0.3, -0.25) is 0 Å². The van der Waals surface area contributed by atoms with E-state index in [1.165, 1.54) is 18.2 Å². The first kappa shape index (κ1) is 20.8. The van der Waals surface area contributed by atoms with Crippen LogP contribution in [0.15, 0.2) is 30.3 Å². The zero-order chi connectivity index (χ0) is 21.3. The predicted octanol–water partition coefficient (Wildman–Crippen LogP) is 3.37. The first-order valence-electron chi connectivity index (χ1n) is 9.84. The third-order valence-corrected chi connectivity index (χ3v) is 5.22. The molecule has 0 radical (unpaired) electrons. The van der Waals surface area contributed by atoms with Crippen LogP contribution in [0, 0.1) is 11.7 Å². The van der Waals surface area contributed by atoms with Crippen molar-refractivity contribution in [2.45, 2.75) is 37.6 Å². The number of aliphatic hydroxyl groups is 1. The largest absolute Gasteiger partial charge is 0.439 e. The number of nitrogens with zero attached hydrogens (tertiary/aromatic N) is 3. The van der Waals surface area contributed by atoms with E-state index in [1.54, 1.807) is 4.90 Å². The summed E-state index contributed by atoms with van der Waals surface area (Å²) in [6.07, 6.45) is -2.63. The number of nitrogens with one attached hydrogen (secondary N) is 1. The molecule has 4 rings (SSSR count). The summed E-state index contributed by atoms with van der Waals surface area (Å²) in [5.74, 6) is -1.14. The minimum Gasteiger partial charge on any atom is -0.439 e. The minimum absolute atomic E-state index is 0.0355. The van der Waals surface area contributed by atoms with E-state index in [2.05, 4.69) is 15.3 Å². The van der Waals surface area contributed by atoms with Crippen molar-refractivity contribution in [2.75, 3.05) is 24.5 Å². The van der Waals surface area contributed by atoms with E-state index in [9.17, 15) is 22.7 Å². The molecule has 1 aliphatic heterocycles. The second-order valence-electron chi connectivity index (χ2n) is 7.69. The predicted molar refractivity (Wildman–Crippen MR) is 101 cm³/mol. The number of piperidine rings is 1. The summed E-state index contributed by atoms with van der Waals surface area (Å²) >= 11 is 0. The molecule has 1 saturated heterocycles. The number of halogens is 4. The van der Waals surface area contributed by atoms with Crippen LogP contribution < -0.4 is 15.0 Å².